The van der Waals surface area contributed by atoms with Gasteiger partial charge in [0.05, 0.1) is 0 Å². The van der Waals surface area contributed by atoms with Gasteiger partial charge in [-0.25, -0.2) is 9.97 Å². The van der Waals surface area contributed by atoms with Crippen molar-refractivity contribution < 1.29 is 13.3 Å². The minimum absolute atomic E-state index is 0.600. The zero-order valence-corrected chi connectivity index (χ0v) is 26.0. The van der Waals surface area contributed by atoms with Gasteiger partial charge in [0.25, 0.3) is 0 Å². The van der Waals surface area contributed by atoms with Gasteiger partial charge in [-0.3, -0.25) is 0 Å². The fourth-order valence-corrected chi connectivity index (χ4v) is 7.40. The van der Waals surface area contributed by atoms with E-state index in [-0.39, 0.29) is 0 Å². The number of rotatable bonds is 3. The van der Waals surface area contributed by atoms with E-state index in [4.69, 9.17) is 23.2 Å². The summed E-state index contributed by atoms with van der Waals surface area (Å²) in [5.41, 5.74) is 10.1. The van der Waals surface area contributed by atoms with E-state index in [1.54, 1.807) is 0 Å². The molecule has 0 fully saturated rings. The predicted octanol–water partition coefficient (Wildman–Crippen LogP) is 12.3. The maximum atomic E-state index is 6.66. The third-order valence-electron chi connectivity index (χ3n) is 9.70. The van der Waals surface area contributed by atoms with Gasteiger partial charge in [0.15, 0.2) is 11.4 Å². The first-order valence-corrected chi connectivity index (χ1v) is 16.3. The van der Waals surface area contributed by atoms with E-state index in [0.29, 0.717) is 17.1 Å². The van der Waals surface area contributed by atoms with Crippen molar-refractivity contribution in [1.82, 2.24) is 9.97 Å². The van der Waals surface area contributed by atoms with Crippen LogP contribution in [0, 0.1) is 0 Å². The van der Waals surface area contributed by atoms with Gasteiger partial charge in [-0.2, -0.15) is 0 Å². The van der Waals surface area contributed by atoms with Crippen LogP contribution in [0.25, 0.3) is 110 Å². The largest absolute Gasteiger partial charge is 0.456 e. The number of hydrogen-bond acceptors (Lipinski definition) is 5. The van der Waals surface area contributed by atoms with Gasteiger partial charge in [-0.1, -0.05) is 103 Å². The first-order valence-electron chi connectivity index (χ1n) is 16.3. The van der Waals surface area contributed by atoms with Crippen molar-refractivity contribution >= 4 is 76.7 Å². The highest BCUT2D eigenvalue weighted by Gasteiger charge is 2.22. The SMILES string of the molecule is c1ccc2cc(-c3cccc4c3oc3cccc(-c5nc(-c6ccc7c(c6)oc6ccccc67)c6oc7ccccc7c6n5)c34)ccc2c1. The van der Waals surface area contributed by atoms with Crippen molar-refractivity contribution in [3.05, 3.63) is 146 Å². The minimum atomic E-state index is 0.600. The van der Waals surface area contributed by atoms with E-state index in [9.17, 15) is 0 Å². The molecular weight excluding hydrogens is 604 g/mol. The Morgan fingerprint density at radius 3 is 1.98 bits per heavy atom. The van der Waals surface area contributed by atoms with Crippen molar-refractivity contribution in [3.8, 4) is 33.8 Å². The van der Waals surface area contributed by atoms with E-state index >= 15 is 0 Å². The Labute approximate surface area is 278 Å². The summed E-state index contributed by atoms with van der Waals surface area (Å²) < 4.78 is 19.4. The smallest absolute Gasteiger partial charge is 0.180 e. The minimum Gasteiger partial charge on any atom is -0.456 e. The molecule has 5 nitrogen and oxygen atoms in total. The third kappa shape index (κ3) is 3.87. The Bertz CT molecular complexity index is 3130. The second-order valence-corrected chi connectivity index (χ2v) is 12.5. The molecule has 0 aliphatic heterocycles. The molecule has 0 N–H and O–H groups in total. The zero-order valence-electron chi connectivity index (χ0n) is 26.0. The Balaban J connectivity index is 1.17. The topological polar surface area (TPSA) is 65.2 Å². The van der Waals surface area contributed by atoms with Gasteiger partial charge in [-0.05, 0) is 58.8 Å². The molecule has 11 aromatic rings. The lowest BCUT2D eigenvalue weighted by Crippen LogP contribution is -1.94. The van der Waals surface area contributed by atoms with Gasteiger partial charge in [0.1, 0.15) is 39.1 Å². The van der Waals surface area contributed by atoms with Crippen LogP contribution in [0.4, 0.5) is 0 Å². The molecule has 0 aliphatic rings. The lowest BCUT2D eigenvalue weighted by Gasteiger charge is -2.08. The van der Waals surface area contributed by atoms with Crippen LogP contribution in [-0.4, -0.2) is 9.97 Å². The summed E-state index contributed by atoms with van der Waals surface area (Å²) in [4.78, 5) is 10.5. The number of para-hydroxylation sites is 3. The maximum absolute atomic E-state index is 6.66. The summed E-state index contributed by atoms with van der Waals surface area (Å²) in [5.74, 6) is 0.600. The molecule has 0 spiro atoms. The Hall–Kier alpha value is -6.72. The fourth-order valence-electron chi connectivity index (χ4n) is 7.40. The van der Waals surface area contributed by atoms with Gasteiger partial charge >= 0.3 is 0 Å². The van der Waals surface area contributed by atoms with Crippen LogP contribution in [-0.2, 0) is 0 Å². The highest BCUT2D eigenvalue weighted by molar-refractivity contribution is 6.16. The van der Waals surface area contributed by atoms with Crippen molar-refractivity contribution in [2.45, 2.75) is 0 Å². The molecule has 11 rings (SSSR count). The molecular formula is C44H24N2O3. The molecule has 0 aliphatic carbocycles. The normalized spacial score (nSPS) is 12.1. The van der Waals surface area contributed by atoms with E-state index in [1.807, 2.05) is 54.6 Å². The number of benzene rings is 7. The second-order valence-electron chi connectivity index (χ2n) is 12.5. The van der Waals surface area contributed by atoms with Crippen LogP contribution in [0.5, 0.6) is 0 Å². The number of nitrogens with zero attached hydrogens (tertiary/aromatic N) is 2. The lowest BCUT2D eigenvalue weighted by atomic mass is 9.98. The average molecular weight is 629 g/mol. The Morgan fingerprint density at radius 1 is 0.388 bits per heavy atom. The summed E-state index contributed by atoms with van der Waals surface area (Å²) in [5, 5.41) is 7.48. The Kier molecular flexibility index (Phi) is 5.32. The van der Waals surface area contributed by atoms with Crippen molar-refractivity contribution in [2.24, 2.45) is 0 Å². The quantitative estimate of drug-likeness (QED) is 0.195. The molecule has 0 unspecified atom stereocenters. The first-order chi connectivity index (χ1) is 24.3. The van der Waals surface area contributed by atoms with Gasteiger partial charge in [0, 0.05) is 43.6 Å². The van der Waals surface area contributed by atoms with Gasteiger partial charge in [-0.15, -0.1) is 0 Å². The van der Waals surface area contributed by atoms with E-state index in [2.05, 4.69) is 91.0 Å². The summed E-state index contributed by atoms with van der Waals surface area (Å²) >= 11 is 0. The second kappa shape index (κ2) is 9.89. The predicted molar refractivity (Wildman–Crippen MR) is 198 cm³/mol. The van der Waals surface area contributed by atoms with Crippen LogP contribution >= 0.6 is 0 Å². The lowest BCUT2D eigenvalue weighted by molar-refractivity contribution is 0.666. The molecule has 228 valence electrons. The zero-order chi connectivity index (χ0) is 32.1. The van der Waals surface area contributed by atoms with Crippen LogP contribution in [0.3, 0.4) is 0 Å². The molecule has 0 bridgehead atoms. The van der Waals surface area contributed by atoms with Crippen molar-refractivity contribution in [1.29, 1.82) is 0 Å². The molecule has 0 amide bonds. The fraction of sp³-hybridized carbons (Fsp3) is 0. The third-order valence-corrected chi connectivity index (χ3v) is 9.70. The maximum Gasteiger partial charge on any atom is 0.180 e. The standard InChI is InChI=1S/C44H24N2O3/c1-2-10-26-23-27(20-19-25(26)9-1)29-13-7-14-33-39-34(15-8-18-37(39)49-42(29)33)44-45-40(43-41(46-44)32-12-4-6-17-36(32)48-43)28-21-22-31-30-11-3-5-16-35(30)47-38(31)24-28/h1-24H. The molecule has 49 heavy (non-hydrogen) atoms. The molecule has 7 aromatic carbocycles. The average Bonchev–Trinajstić information content (AvgIpc) is 3.85. The highest BCUT2D eigenvalue weighted by Crippen LogP contribution is 2.43. The summed E-state index contributed by atoms with van der Waals surface area (Å²) in [6, 6.07) is 49.8. The molecule has 0 radical (unpaired) electrons. The summed E-state index contributed by atoms with van der Waals surface area (Å²) in [7, 11) is 0. The summed E-state index contributed by atoms with van der Waals surface area (Å²) in [6.07, 6.45) is 0. The first kappa shape index (κ1) is 26.4. The number of hydrogen-bond donors (Lipinski definition) is 0. The van der Waals surface area contributed by atoms with Crippen LogP contribution in [0.15, 0.2) is 159 Å². The number of aromatic nitrogens is 2. The van der Waals surface area contributed by atoms with E-state index in [1.165, 1.54) is 10.8 Å². The van der Waals surface area contributed by atoms with Gasteiger partial charge < -0.3 is 13.3 Å². The molecule has 0 atom stereocenters. The Morgan fingerprint density at radius 2 is 1.06 bits per heavy atom. The number of fused-ring (bicyclic) bond motifs is 10. The molecule has 4 aromatic heterocycles. The van der Waals surface area contributed by atoms with Gasteiger partial charge in [0.2, 0.25) is 0 Å². The molecule has 5 heteroatoms. The van der Waals surface area contributed by atoms with Crippen molar-refractivity contribution in [2.75, 3.05) is 0 Å². The molecule has 0 saturated heterocycles. The molecule has 0 saturated carbocycles. The van der Waals surface area contributed by atoms with Crippen LogP contribution in [0.2, 0.25) is 0 Å². The van der Waals surface area contributed by atoms with Crippen LogP contribution < -0.4 is 0 Å². The monoisotopic (exact) mass is 628 g/mol. The van der Waals surface area contributed by atoms with Crippen LogP contribution in [0.1, 0.15) is 0 Å². The van der Waals surface area contributed by atoms with Crippen molar-refractivity contribution in [3.63, 3.8) is 0 Å². The number of furan rings is 3. The summed E-state index contributed by atoms with van der Waals surface area (Å²) in [6.45, 7) is 0. The highest BCUT2D eigenvalue weighted by atomic mass is 16.3. The van der Waals surface area contributed by atoms with E-state index < -0.39 is 0 Å². The van der Waals surface area contributed by atoms with E-state index in [0.717, 1.165) is 82.6 Å². The molecule has 4 heterocycles.